The van der Waals surface area contributed by atoms with E-state index in [1.807, 2.05) is 18.2 Å². The predicted molar refractivity (Wildman–Crippen MR) is 98.1 cm³/mol. The normalized spacial score (nSPS) is 10.8. The van der Waals surface area contributed by atoms with Crippen LogP contribution >= 0.6 is 11.3 Å². The zero-order chi connectivity index (χ0) is 18.4. The highest BCUT2D eigenvalue weighted by molar-refractivity contribution is 7.17. The molecule has 0 aliphatic carbocycles. The number of benzene rings is 1. The van der Waals surface area contributed by atoms with Crippen LogP contribution in [0.4, 0.5) is 0 Å². The summed E-state index contributed by atoms with van der Waals surface area (Å²) in [5, 5.41) is 3.68. The average molecular weight is 362 g/mol. The van der Waals surface area contributed by atoms with Gasteiger partial charge in [0.15, 0.2) is 0 Å². The first-order chi connectivity index (χ1) is 12.0. The molecule has 25 heavy (non-hydrogen) atoms. The summed E-state index contributed by atoms with van der Waals surface area (Å²) in [6.45, 7) is 8.57. The van der Waals surface area contributed by atoms with Gasteiger partial charge in [0.25, 0.3) is 0 Å². The third-order valence-corrected chi connectivity index (χ3v) is 4.56. The summed E-state index contributed by atoms with van der Waals surface area (Å²) >= 11 is 1.28. The van der Waals surface area contributed by atoms with E-state index in [2.05, 4.69) is 24.0 Å². The molecule has 0 radical (unpaired) electrons. The van der Waals surface area contributed by atoms with E-state index in [4.69, 9.17) is 9.47 Å². The van der Waals surface area contributed by atoms with Crippen LogP contribution in [0.25, 0.3) is 10.6 Å². The van der Waals surface area contributed by atoms with Crippen LogP contribution in [-0.4, -0.2) is 24.2 Å². The van der Waals surface area contributed by atoms with Gasteiger partial charge in [-0.1, -0.05) is 19.0 Å². The molecule has 7 heteroatoms. The molecule has 0 unspecified atom stereocenters. The minimum absolute atomic E-state index is 0.0242. The SMILES string of the molecule is CCOC(=O)c1sc(-c2ccc(OCC(C)C)c(CN=O)c2)nc1C. The summed E-state index contributed by atoms with van der Waals surface area (Å²) in [4.78, 5) is 27.7. The van der Waals surface area contributed by atoms with Gasteiger partial charge in [-0.15, -0.1) is 11.3 Å². The minimum atomic E-state index is -0.365. The molecule has 0 spiro atoms. The third kappa shape index (κ3) is 4.85. The molecule has 2 aromatic rings. The van der Waals surface area contributed by atoms with Crippen molar-refractivity contribution in [1.29, 1.82) is 0 Å². The van der Waals surface area contributed by atoms with Crippen molar-refractivity contribution >= 4 is 17.3 Å². The largest absolute Gasteiger partial charge is 0.493 e. The lowest BCUT2D eigenvalue weighted by Crippen LogP contribution is -2.06. The van der Waals surface area contributed by atoms with E-state index in [-0.39, 0.29) is 12.5 Å². The summed E-state index contributed by atoms with van der Waals surface area (Å²) < 4.78 is 10.8. The first kappa shape index (κ1) is 19.1. The molecular weight excluding hydrogens is 340 g/mol. The Balaban J connectivity index is 2.33. The second-order valence-corrected chi connectivity index (χ2v) is 6.97. The summed E-state index contributed by atoms with van der Waals surface area (Å²) in [5.74, 6) is 0.664. The first-order valence-corrected chi connectivity index (χ1v) is 8.97. The average Bonchev–Trinajstić information content (AvgIpc) is 2.96. The molecule has 0 saturated carbocycles. The fraction of sp³-hybridized carbons (Fsp3) is 0.444. The standard InChI is InChI=1S/C18H22N2O4S/c1-5-23-18(21)16-12(4)20-17(25-16)13-6-7-15(24-10-11(2)3)14(8-13)9-19-22/h6-8,11H,5,9-10H2,1-4H3. The van der Waals surface area contributed by atoms with Crippen molar-refractivity contribution in [1.82, 2.24) is 4.98 Å². The van der Waals surface area contributed by atoms with Crippen molar-refractivity contribution < 1.29 is 14.3 Å². The van der Waals surface area contributed by atoms with Gasteiger partial charge in [0.05, 0.1) is 18.9 Å². The maximum atomic E-state index is 12.0. The van der Waals surface area contributed by atoms with Crippen LogP contribution in [0.1, 0.15) is 41.7 Å². The van der Waals surface area contributed by atoms with E-state index >= 15 is 0 Å². The molecule has 0 fully saturated rings. The Labute approximate surface area is 151 Å². The number of ether oxygens (including phenoxy) is 2. The molecule has 134 valence electrons. The summed E-state index contributed by atoms with van der Waals surface area (Å²) in [5.41, 5.74) is 2.16. The number of hydrogen-bond acceptors (Lipinski definition) is 7. The van der Waals surface area contributed by atoms with Crippen LogP contribution in [0.5, 0.6) is 5.75 Å². The molecule has 0 bridgehead atoms. The molecule has 2 rings (SSSR count). The third-order valence-electron chi connectivity index (χ3n) is 3.37. The Bertz CT molecular complexity index is 756. The van der Waals surface area contributed by atoms with Crippen LogP contribution in [0.3, 0.4) is 0 Å². The smallest absolute Gasteiger partial charge is 0.350 e. The Morgan fingerprint density at radius 1 is 1.36 bits per heavy atom. The lowest BCUT2D eigenvalue weighted by molar-refractivity contribution is 0.0531. The molecule has 6 nitrogen and oxygen atoms in total. The van der Waals surface area contributed by atoms with Crippen molar-refractivity contribution in [2.45, 2.75) is 34.2 Å². The van der Waals surface area contributed by atoms with Crippen LogP contribution < -0.4 is 4.74 Å². The van der Waals surface area contributed by atoms with Gasteiger partial charge in [-0.05, 0) is 38.0 Å². The first-order valence-electron chi connectivity index (χ1n) is 8.16. The zero-order valence-corrected chi connectivity index (χ0v) is 15.7. The predicted octanol–water partition coefficient (Wildman–Crippen LogP) is 4.60. The molecular formula is C18H22N2O4S. The number of nitrogens with zero attached hydrogens (tertiary/aromatic N) is 2. The van der Waals surface area contributed by atoms with E-state index in [9.17, 15) is 9.70 Å². The summed E-state index contributed by atoms with van der Waals surface area (Å²) in [7, 11) is 0. The van der Waals surface area contributed by atoms with Crippen LogP contribution in [0.15, 0.2) is 23.4 Å². The Morgan fingerprint density at radius 2 is 2.12 bits per heavy atom. The highest BCUT2D eigenvalue weighted by Gasteiger charge is 2.18. The van der Waals surface area contributed by atoms with Gasteiger partial charge < -0.3 is 9.47 Å². The molecule has 0 saturated heterocycles. The fourth-order valence-corrected chi connectivity index (χ4v) is 3.17. The Kier molecular flexibility index (Phi) is 6.64. The van der Waals surface area contributed by atoms with Crippen molar-refractivity contribution in [2.75, 3.05) is 13.2 Å². The van der Waals surface area contributed by atoms with Gasteiger partial charge in [-0.2, -0.15) is 4.91 Å². The minimum Gasteiger partial charge on any atom is -0.493 e. The van der Waals surface area contributed by atoms with Gasteiger partial charge in [-0.25, -0.2) is 9.78 Å². The van der Waals surface area contributed by atoms with E-state index in [1.165, 1.54) is 11.3 Å². The van der Waals surface area contributed by atoms with Crippen LogP contribution in [0.2, 0.25) is 0 Å². The van der Waals surface area contributed by atoms with E-state index < -0.39 is 0 Å². The summed E-state index contributed by atoms with van der Waals surface area (Å²) in [6.07, 6.45) is 0. The quantitative estimate of drug-likeness (QED) is 0.507. The lowest BCUT2D eigenvalue weighted by Gasteiger charge is -2.12. The number of aryl methyl sites for hydroxylation is 1. The molecule has 0 aliphatic heterocycles. The Hall–Kier alpha value is -2.28. The second-order valence-electron chi connectivity index (χ2n) is 5.97. The van der Waals surface area contributed by atoms with Crippen molar-refractivity contribution in [3.63, 3.8) is 0 Å². The maximum Gasteiger partial charge on any atom is 0.350 e. The molecule has 1 aromatic heterocycles. The molecule has 0 amide bonds. The molecule has 0 N–H and O–H groups in total. The monoisotopic (exact) mass is 362 g/mol. The van der Waals surface area contributed by atoms with E-state index in [0.717, 1.165) is 5.56 Å². The van der Waals surface area contributed by atoms with Crippen molar-refractivity contribution in [2.24, 2.45) is 11.1 Å². The van der Waals surface area contributed by atoms with E-state index in [0.29, 0.717) is 46.0 Å². The number of thiazole rings is 1. The van der Waals surface area contributed by atoms with Crippen molar-refractivity contribution in [3.8, 4) is 16.3 Å². The number of esters is 1. The van der Waals surface area contributed by atoms with Gasteiger partial charge >= 0.3 is 5.97 Å². The lowest BCUT2D eigenvalue weighted by atomic mass is 10.1. The number of aromatic nitrogens is 1. The number of hydrogen-bond donors (Lipinski definition) is 0. The maximum absolute atomic E-state index is 12.0. The number of carbonyl (C=O) groups is 1. The molecule has 1 heterocycles. The van der Waals surface area contributed by atoms with Crippen LogP contribution in [-0.2, 0) is 11.3 Å². The van der Waals surface area contributed by atoms with Gasteiger partial charge in [0.2, 0.25) is 0 Å². The number of carbonyl (C=O) groups excluding carboxylic acids is 1. The topological polar surface area (TPSA) is 77.9 Å². The number of rotatable bonds is 8. The molecule has 0 atom stereocenters. The van der Waals surface area contributed by atoms with Crippen LogP contribution in [0, 0.1) is 17.7 Å². The van der Waals surface area contributed by atoms with E-state index in [1.54, 1.807) is 13.8 Å². The van der Waals surface area contributed by atoms with Crippen molar-refractivity contribution in [3.05, 3.63) is 39.2 Å². The molecule has 0 aliphatic rings. The second kappa shape index (κ2) is 8.71. The zero-order valence-electron chi connectivity index (χ0n) is 14.9. The molecule has 1 aromatic carbocycles. The fourth-order valence-electron chi connectivity index (χ4n) is 2.21. The highest BCUT2D eigenvalue weighted by atomic mass is 32.1. The number of nitroso groups, excluding NO2 is 1. The van der Waals surface area contributed by atoms with Gasteiger partial charge in [-0.3, -0.25) is 0 Å². The summed E-state index contributed by atoms with van der Waals surface area (Å²) in [6, 6.07) is 5.53. The highest BCUT2D eigenvalue weighted by Crippen LogP contribution is 2.32. The van der Waals surface area contributed by atoms with Gasteiger partial charge in [0.1, 0.15) is 22.2 Å². The van der Waals surface area contributed by atoms with Gasteiger partial charge in [0, 0.05) is 11.1 Å². The Morgan fingerprint density at radius 3 is 2.76 bits per heavy atom.